The van der Waals surface area contributed by atoms with Crippen LogP contribution in [0.3, 0.4) is 0 Å². The molecule has 0 amide bonds. The Morgan fingerprint density at radius 2 is 1.89 bits per heavy atom. The Balaban J connectivity index is 2.30. The van der Waals surface area contributed by atoms with Crippen molar-refractivity contribution < 1.29 is 17.2 Å². The average molecular weight is 276 g/mol. The van der Waals surface area contributed by atoms with Crippen molar-refractivity contribution in [2.45, 2.75) is 23.8 Å². The molecule has 0 radical (unpaired) electrons. The lowest BCUT2D eigenvalue weighted by atomic mass is 10.0. The van der Waals surface area contributed by atoms with Gasteiger partial charge in [-0.15, -0.1) is 0 Å². The molecular formula is C11H14F2N2O2S. The zero-order chi connectivity index (χ0) is 13.4. The summed E-state index contributed by atoms with van der Waals surface area (Å²) in [5.74, 6) is -1.82. The molecule has 1 atom stereocenters. The first-order chi connectivity index (χ1) is 8.31. The van der Waals surface area contributed by atoms with Gasteiger partial charge in [0.15, 0.2) is 0 Å². The van der Waals surface area contributed by atoms with Crippen molar-refractivity contribution in [2.24, 2.45) is 0 Å². The molecule has 2 rings (SSSR count). The lowest BCUT2D eigenvalue weighted by Gasteiger charge is -2.24. The standard InChI is InChI=1S/C11H14F2N2O2S/c1-11(2-3-14-7-11)15-18(16,17)10-5-8(12)4-9(13)6-10/h4-6,14-15H,2-3,7H2,1H3. The average Bonchev–Trinajstić information content (AvgIpc) is 2.62. The summed E-state index contributed by atoms with van der Waals surface area (Å²) >= 11 is 0. The fourth-order valence-electron chi connectivity index (χ4n) is 1.97. The minimum Gasteiger partial charge on any atom is -0.315 e. The van der Waals surface area contributed by atoms with Gasteiger partial charge >= 0.3 is 0 Å². The molecule has 1 aromatic rings. The summed E-state index contributed by atoms with van der Waals surface area (Å²) in [6, 6.07) is 2.24. The van der Waals surface area contributed by atoms with Crippen LogP contribution in [0.15, 0.2) is 23.1 Å². The van der Waals surface area contributed by atoms with E-state index in [0.29, 0.717) is 25.6 Å². The Morgan fingerprint density at radius 3 is 2.39 bits per heavy atom. The summed E-state index contributed by atoms with van der Waals surface area (Å²) in [5.41, 5.74) is -0.623. The van der Waals surface area contributed by atoms with Gasteiger partial charge in [-0.1, -0.05) is 0 Å². The van der Waals surface area contributed by atoms with Gasteiger partial charge in [-0.25, -0.2) is 21.9 Å². The van der Waals surface area contributed by atoms with Crippen LogP contribution >= 0.6 is 0 Å². The van der Waals surface area contributed by atoms with E-state index in [1.165, 1.54) is 0 Å². The number of benzene rings is 1. The first-order valence-corrected chi connectivity index (χ1v) is 7.00. The van der Waals surface area contributed by atoms with Crippen LogP contribution < -0.4 is 10.0 Å². The van der Waals surface area contributed by atoms with Gasteiger partial charge in [0.1, 0.15) is 11.6 Å². The van der Waals surface area contributed by atoms with Gasteiger partial charge in [0.05, 0.1) is 4.90 Å². The zero-order valence-electron chi connectivity index (χ0n) is 9.83. The quantitative estimate of drug-likeness (QED) is 0.866. The minimum atomic E-state index is -3.92. The number of rotatable bonds is 3. The Hall–Kier alpha value is -1.05. The summed E-state index contributed by atoms with van der Waals surface area (Å²) in [6.07, 6.45) is 0.629. The summed E-state index contributed by atoms with van der Waals surface area (Å²) in [4.78, 5) is -0.395. The molecule has 1 unspecified atom stereocenters. The number of hydrogen-bond donors (Lipinski definition) is 2. The molecule has 0 aromatic heterocycles. The van der Waals surface area contributed by atoms with E-state index in [-0.39, 0.29) is 0 Å². The van der Waals surface area contributed by atoms with Crippen LogP contribution in [0.2, 0.25) is 0 Å². The van der Waals surface area contributed by atoms with Crippen molar-refractivity contribution in [2.75, 3.05) is 13.1 Å². The Kier molecular flexibility index (Phi) is 3.39. The maximum Gasteiger partial charge on any atom is 0.241 e. The zero-order valence-corrected chi connectivity index (χ0v) is 10.7. The number of nitrogens with one attached hydrogen (secondary N) is 2. The van der Waals surface area contributed by atoms with E-state index in [1.807, 2.05) is 0 Å². The first-order valence-electron chi connectivity index (χ1n) is 5.52. The molecule has 18 heavy (non-hydrogen) atoms. The summed E-state index contributed by atoms with van der Waals surface area (Å²) in [5, 5.41) is 3.03. The van der Waals surface area contributed by atoms with Crippen molar-refractivity contribution in [1.29, 1.82) is 0 Å². The van der Waals surface area contributed by atoms with Gasteiger partial charge in [0, 0.05) is 18.2 Å². The molecule has 1 aliphatic rings. The van der Waals surface area contributed by atoms with Gasteiger partial charge in [-0.3, -0.25) is 0 Å². The second-order valence-electron chi connectivity index (χ2n) is 4.70. The highest BCUT2D eigenvalue weighted by Crippen LogP contribution is 2.19. The normalized spacial score (nSPS) is 24.4. The van der Waals surface area contributed by atoms with Gasteiger partial charge in [-0.2, -0.15) is 0 Å². The molecule has 1 heterocycles. The highest BCUT2D eigenvalue weighted by molar-refractivity contribution is 7.89. The van der Waals surface area contributed by atoms with E-state index in [2.05, 4.69) is 10.0 Å². The molecule has 0 bridgehead atoms. The molecule has 1 fully saturated rings. The number of halogens is 2. The molecular weight excluding hydrogens is 262 g/mol. The van der Waals surface area contributed by atoms with Gasteiger partial charge in [0.2, 0.25) is 10.0 Å². The number of sulfonamides is 1. The predicted molar refractivity (Wildman–Crippen MR) is 62.6 cm³/mol. The first kappa shape index (κ1) is 13.4. The smallest absolute Gasteiger partial charge is 0.241 e. The molecule has 100 valence electrons. The van der Waals surface area contributed by atoms with Crippen LogP contribution in [0.4, 0.5) is 8.78 Å². The SMILES string of the molecule is CC1(NS(=O)(=O)c2cc(F)cc(F)c2)CCNC1. The number of hydrogen-bond acceptors (Lipinski definition) is 3. The molecule has 7 heteroatoms. The van der Waals surface area contributed by atoms with E-state index < -0.39 is 32.1 Å². The molecule has 2 N–H and O–H groups in total. The molecule has 4 nitrogen and oxygen atoms in total. The van der Waals surface area contributed by atoms with Crippen LogP contribution in [0.1, 0.15) is 13.3 Å². The van der Waals surface area contributed by atoms with Gasteiger partial charge in [-0.05, 0) is 32.0 Å². The lowest BCUT2D eigenvalue weighted by Crippen LogP contribution is -2.47. The van der Waals surface area contributed by atoms with Crippen molar-refractivity contribution in [3.63, 3.8) is 0 Å². The fourth-order valence-corrected chi connectivity index (χ4v) is 3.45. The van der Waals surface area contributed by atoms with Crippen LogP contribution in [0.5, 0.6) is 0 Å². The fraction of sp³-hybridized carbons (Fsp3) is 0.455. The topological polar surface area (TPSA) is 58.2 Å². The monoisotopic (exact) mass is 276 g/mol. The molecule has 0 spiro atoms. The van der Waals surface area contributed by atoms with Crippen LogP contribution in [0.25, 0.3) is 0 Å². The Bertz CT molecular complexity index is 534. The van der Waals surface area contributed by atoms with Crippen molar-refractivity contribution in [1.82, 2.24) is 10.0 Å². The summed E-state index contributed by atoms with van der Waals surface area (Å²) in [7, 11) is -3.92. The van der Waals surface area contributed by atoms with Gasteiger partial charge < -0.3 is 5.32 Å². The molecule has 0 aliphatic carbocycles. The van der Waals surface area contributed by atoms with E-state index in [9.17, 15) is 17.2 Å². The third-order valence-corrected chi connectivity index (χ3v) is 4.51. The van der Waals surface area contributed by atoms with E-state index in [1.54, 1.807) is 6.92 Å². The maximum absolute atomic E-state index is 13.0. The van der Waals surface area contributed by atoms with Crippen molar-refractivity contribution in [3.8, 4) is 0 Å². The molecule has 1 saturated heterocycles. The van der Waals surface area contributed by atoms with E-state index >= 15 is 0 Å². The molecule has 0 saturated carbocycles. The van der Waals surface area contributed by atoms with Crippen LogP contribution in [0, 0.1) is 11.6 Å². The maximum atomic E-state index is 13.0. The lowest BCUT2D eigenvalue weighted by molar-refractivity contribution is 0.451. The van der Waals surface area contributed by atoms with Crippen molar-refractivity contribution in [3.05, 3.63) is 29.8 Å². The molecule has 1 aromatic carbocycles. The minimum absolute atomic E-state index is 0.395. The van der Waals surface area contributed by atoms with Crippen molar-refractivity contribution >= 4 is 10.0 Å². The third kappa shape index (κ3) is 2.85. The van der Waals surface area contributed by atoms with Crippen LogP contribution in [-0.2, 0) is 10.0 Å². The second-order valence-corrected chi connectivity index (χ2v) is 6.38. The summed E-state index contributed by atoms with van der Waals surface area (Å²) in [6.45, 7) is 2.95. The van der Waals surface area contributed by atoms with E-state index in [0.717, 1.165) is 12.1 Å². The summed E-state index contributed by atoms with van der Waals surface area (Å²) < 4.78 is 52.6. The second kappa shape index (κ2) is 4.56. The highest BCUT2D eigenvalue weighted by Gasteiger charge is 2.33. The Labute approximate surface area is 104 Å². The van der Waals surface area contributed by atoms with Gasteiger partial charge in [0.25, 0.3) is 0 Å². The Morgan fingerprint density at radius 1 is 1.28 bits per heavy atom. The highest BCUT2D eigenvalue weighted by atomic mass is 32.2. The molecule has 1 aliphatic heterocycles. The third-order valence-electron chi connectivity index (χ3n) is 2.90. The largest absolute Gasteiger partial charge is 0.315 e. The van der Waals surface area contributed by atoms with E-state index in [4.69, 9.17) is 0 Å². The predicted octanol–water partition coefficient (Wildman–Crippen LogP) is 0.995. The van der Waals surface area contributed by atoms with Crippen LogP contribution in [-0.4, -0.2) is 27.0 Å².